The van der Waals surface area contributed by atoms with E-state index in [0.717, 1.165) is 15.2 Å². The van der Waals surface area contributed by atoms with Gasteiger partial charge in [0.15, 0.2) is 0 Å². The summed E-state index contributed by atoms with van der Waals surface area (Å²) in [4.78, 5) is 16.7. The van der Waals surface area contributed by atoms with Crippen molar-refractivity contribution in [2.45, 2.75) is 46.1 Å². The summed E-state index contributed by atoms with van der Waals surface area (Å²) >= 11 is 1.64. The van der Waals surface area contributed by atoms with Gasteiger partial charge in [-0.25, -0.2) is 4.98 Å². The second kappa shape index (κ2) is 7.20. The van der Waals surface area contributed by atoms with E-state index in [2.05, 4.69) is 31.1 Å². The number of aliphatic hydroxyl groups excluding tert-OH is 1. The molecule has 1 amide bonds. The quantitative estimate of drug-likeness (QED) is 0.859. The van der Waals surface area contributed by atoms with E-state index in [1.807, 2.05) is 24.3 Å². The molecule has 1 aromatic heterocycles. The molecule has 2 N–H and O–H groups in total. The molecule has 0 spiro atoms. The number of benzene rings is 1. The molecule has 0 bridgehead atoms. The van der Waals surface area contributed by atoms with Gasteiger partial charge in [0, 0.05) is 25.5 Å². The van der Waals surface area contributed by atoms with Gasteiger partial charge in [-0.05, 0) is 24.0 Å². The van der Waals surface area contributed by atoms with Crippen molar-refractivity contribution in [3.63, 3.8) is 0 Å². The van der Waals surface area contributed by atoms with Crippen LogP contribution in [-0.2, 0) is 11.2 Å². The minimum atomic E-state index is -0.0613. The first kappa shape index (κ1) is 16.9. The van der Waals surface area contributed by atoms with Crippen LogP contribution < -0.4 is 5.32 Å². The maximum absolute atomic E-state index is 12.1. The van der Waals surface area contributed by atoms with E-state index in [1.54, 1.807) is 11.3 Å². The third kappa shape index (κ3) is 4.52. The van der Waals surface area contributed by atoms with E-state index in [4.69, 9.17) is 5.11 Å². The highest BCUT2D eigenvalue weighted by Gasteiger charge is 2.25. The molecule has 0 aliphatic rings. The Bertz CT molecular complexity index is 598. The van der Waals surface area contributed by atoms with Gasteiger partial charge in [0.2, 0.25) is 5.91 Å². The number of hydrogen-bond acceptors (Lipinski definition) is 4. The number of aryl methyl sites for hydroxylation is 1. The number of thiazole rings is 1. The van der Waals surface area contributed by atoms with Crippen LogP contribution in [0.25, 0.3) is 10.2 Å². The highest BCUT2D eigenvalue weighted by molar-refractivity contribution is 7.18. The van der Waals surface area contributed by atoms with E-state index in [1.165, 1.54) is 0 Å². The highest BCUT2D eigenvalue weighted by atomic mass is 32.1. The first-order valence-corrected chi connectivity index (χ1v) is 8.46. The molecule has 0 saturated heterocycles. The summed E-state index contributed by atoms with van der Waals surface area (Å²) in [6, 6.07) is 8.00. The number of nitrogens with one attached hydrogen (secondary N) is 1. The molecule has 0 fully saturated rings. The number of nitrogens with zero attached hydrogens (tertiary/aromatic N) is 1. The third-order valence-electron chi connectivity index (χ3n) is 3.70. The van der Waals surface area contributed by atoms with Crippen molar-refractivity contribution in [2.75, 3.05) is 6.61 Å². The topological polar surface area (TPSA) is 62.2 Å². The number of carbonyl (C=O) groups is 1. The van der Waals surface area contributed by atoms with Crippen LogP contribution >= 0.6 is 11.3 Å². The molecule has 1 aromatic carbocycles. The molecule has 2 aromatic rings. The molecule has 1 heterocycles. The van der Waals surface area contributed by atoms with Crippen LogP contribution in [0.2, 0.25) is 0 Å². The molecule has 1 atom stereocenters. The van der Waals surface area contributed by atoms with Gasteiger partial charge < -0.3 is 10.4 Å². The molecule has 0 aliphatic heterocycles. The Balaban J connectivity index is 1.91. The van der Waals surface area contributed by atoms with Crippen molar-refractivity contribution in [2.24, 2.45) is 5.41 Å². The summed E-state index contributed by atoms with van der Waals surface area (Å²) in [7, 11) is 0. The number of carbonyl (C=O) groups excluding carboxylic acids is 1. The summed E-state index contributed by atoms with van der Waals surface area (Å²) in [5, 5.41) is 13.2. The Morgan fingerprint density at radius 1 is 1.36 bits per heavy atom. The average molecular weight is 320 g/mol. The van der Waals surface area contributed by atoms with Gasteiger partial charge in [-0.1, -0.05) is 32.9 Å². The zero-order valence-electron chi connectivity index (χ0n) is 13.4. The monoisotopic (exact) mass is 320 g/mol. The fraction of sp³-hybridized carbons (Fsp3) is 0.529. The van der Waals surface area contributed by atoms with E-state index in [-0.39, 0.29) is 24.0 Å². The minimum absolute atomic E-state index is 0.0135. The number of hydrogen-bond donors (Lipinski definition) is 2. The summed E-state index contributed by atoms with van der Waals surface area (Å²) in [6.45, 7) is 6.30. The lowest BCUT2D eigenvalue weighted by atomic mass is 9.85. The Kier molecular flexibility index (Phi) is 5.53. The predicted octanol–water partition coefficient (Wildman–Crippen LogP) is 3.14. The normalized spacial score (nSPS) is 13.3. The number of rotatable bonds is 6. The lowest BCUT2D eigenvalue weighted by molar-refractivity contribution is -0.122. The molecule has 22 heavy (non-hydrogen) atoms. The minimum Gasteiger partial charge on any atom is -0.396 e. The molecule has 4 nitrogen and oxygen atoms in total. The predicted molar refractivity (Wildman–Crippen MR) is 91.0 cm³/mol. The van der Waals surface area contributed by atoms with Crippen molar-refractivity contribution in [3.05, 3.63) is 29.3 Å². The highest BCUT2D eigenvalue weighted by Crippen LogP contribution is 2.23. The average Bonchev–Trinajstić information content (AvgIpc) is 2.86. The first-order valence-electron chi connectivity index (χ1n) is 7.65. The van der Waals surface area contributed by atoms with E-state index in [0.29, 0.717) is 19.3 Å². The van der Waals surface area contributed by atoms with Crippen molar-refractivity contribution in [1.29, 1.82) is 0 Å². The zero-order valence-corrected chi connectivity index (χ0v) is 14.2. The molecule has 0 radical (unpaired) electrons. The van der Waals surface area contributed by atoms with Gasteiger partial charge in [-0.3, -0.25) is 4.79 Å². The van der Waals surface area contributed by atoms with Crippen LogP contribution in [0.1, 0.15) is 38.6 Å². The van der Waals surface area contributed by atoms with Gasteiger partial charge >= 0.3 is 0 Å². The van der Waals surface area contributed by atoms with E-state index in [9.17, 15) is 4.79 Å². The van der Waals surface area contributed by atoms with Crippen molar-refractivity contribution < 1.29 is 9.90 Å². The largest absolute Gasteiger partial charge is 0.396 e. The van der Waals surface area contributed by atoms with Gasteiger partial charge in [0.05, 0.1) is 15.2 Å². The molecule has 0 aliphatic carbocycles. The fourth-order valence-electron chi connectivity index (χ4n) is 2.36. The number of fused-ring (bicyclic) bond motifs is 1. The van der Waals surface area contributed by atoms with Crippen LogP contribution in [0.15, 0.2) is 24.3 Å². The fourth-order valence-corrected chi connectivity index (χ4v) is 3.33. The lowest BCUT2D eigenvalue weighted by Crippen LogP contribution is -2.44. The third-order valence-corrected chi connectivity index (χ3v) is 4.80. The summed E-state index contributed by atoms with van der Waals surface area (Å²) in [5.41, 5.74) is 0.935. The molecule has 120 valence electrons. The maximum Gasteiger partial charge on any atom is 0.220 e. The van der Waals surface area contributed by atoms with Crippen LogP contribution in [0.4, 0.5) is 0 Å². The van der Waals surface area contributed by atoms with Crippen LogP contribution in [0, 0.1) is 5.41 Å². The number of aliphatic hydroxyl groups is 1. The molecule has 0 saturated carbocycles. The van der Waals surface area contributed by atoms with Crippen molar-refractivity contribution >= 4 is 27.5 Å². The Morgan fingerprint density at radius 2 is 2.09 bits per heavy atom. The molecule has 1 unspecified atom stereocenters. The van der Waals surface area contributed by atoms with Crippen LogP contribution in [0.5, 0.6) is 0 Å². The summed E-state index contributed by atoms with van der Waals surface area (Å²) in [6.07, 6.45) is 1.66. The van der Waals surface area contributed by atoms with Crippen molar-refractivity contribution in [1.82, 2.24) is 10.3 Å². The maximum atomic E-state index is 12.1. The summed E-state index contributed by atoms with van der Waals surface area (Å²) < 4.78 is 1.16. The lowest BCUT2D eigenvalue weighted by Gasteiger charge is -2.31. The Hall–Kier alpha value is -1.46. The number of aromatic nitrogens is 1. The Labute approximate surface area is 135 Å². The smallest absolute Gasteiger partial charge is 0.220 e. The van der Waals surface area contributed by atoms with E-state index >= 15 is 0 Å². The molecular formula is C17H24N2O2S. The van der Waals surface area contributed by atoms with Gasteiger partial charge in [0.1, 0.15) is 0 Å². The van der Waals surface area contributed by atoms with Crippen molar-refractivity contribution in [3.8, 4) is 0 Å². The van der Waals surface area contributed by atoms with Gasteiger partial charge in [-0.2, -0.15) is 0 Å². The molecule has 5 heteroatoms. The van der Waals surface area contributed by atoms with E-state index < -0.39 is 0 Å². The van der Waals surface area contributed by atoms with Crippen LogP contribution in [-0.4, -0.2) is 28.6 Å². The van der Waals surface area contributed by atoms with Crippen LogP contribution in [0.3, 0.4) is 0 Å². The number of para-hydroxylation sites is 1. The molecule has 2 rings (SSSR count). The molecular weight excluding hydrogens is 296 g/mol. The van der Waals surface area contributed by atoms with Gasteiger partial charge in [0.25, 0.3) is 0 Å². The Morgan fingerprint density at radius 3 is 2.73 bits per heavy atom. The standard InChI is InChI=1S/C17H24N2O2S/c1-17(2,3)14(10-11-20)19-15(21)8-9-16-18-12-6-4-5-7-13(12)22-16/h4-7,14,20H,8-11H2,1-3H3,(H,19,21). The zero-order chi connectivity index (χ0) is 16.2. The summed E-state index contributed by atoms with van der Waals surface area (Å²) in [5.74, 6) is 0.0210. The SMILES string of the molecule is CC(C)(C)C(CCO)NC(=O)CCc1nc2ccccc2s1. The number of amides is 1. The second-order valence-electron chi connectivity index (χ2n) is 6.57. The second-order valence-corrected chi connectivity index (χ2v) is 7.69. The first-order chi connectivity index (χ1) is 10.4. The van der Waals surface area contributed by atoms with Gasteiger partial charge in [-0.15, -0.1) is 11.3 Å².